The highest BCUT2D eigenvalue weighted by Crippen LogP contribution is 2.22. The van der Waals surface area contributed by atoms with Crippen LogP contribution in [-0.2, 0) is 11.3 Å². The van der Waals surface area contributed by atoms with Gasteiger partial charge >= 0.3 is 0 Å². The maximum absolute atomic E-state index is 12.3. The van der Waals surface area contributed by atoms with Gasteiger partial charge in [-0.1, -0.05) is 18.2 Å². The minimum atomic E-state index is -0.429. The van der Waals surface area contributed by atoms with Crippen LogP contribution in [-0.4, -0.2) is 37.4 Å². The topological polar surface area (TPSA) is 71.8 Å². The number of ether oxygens (including phenoxy) is 1. The summed E-state index contributed by atoms with van der Waals surface area (Å²) in [5.74, 6) is 0.343. The molecule has 0 saturated carbocycles. The van der Waals surface area contributed by atoms with Crippen molar-refractivity contribution >= 4 is 38.5 Å². The number of amides is 2. The van der Waals surface area contributed by atoms with Gasteiger partial charge in [-0.25, -0.2) is 0 Å². The lowest BCUT2D eigenvalue weighted by Crippen LogP contribution is -2.37. The quantitative estimate of drug-likeness (QED) is 0.648. The highest BCUT2D eigenvalue weighted by Gasteiger charge is 2.14. The zero-order chi connectivity index (χ0) is 19.4. The number of benzene rings is 2. The van der Waals surface area contributed by atoms with Crippen LogP contribution in [0.25, 0.3) is 10.8 Å². The second-order valence-electron chi connectivity index (χ2n) is 6.08. The van der Waals surface area contributed by atoms with Crippen LogP contribution in [0.4, 0.5) is 0 Å². The molecule has 0 radical (unpaired) electrons. The largest absolute Gasteiger partial charge is 0.497 e. The number of methoxy groups -OCH3 is 1. The third-order valence-corrected chi connectivity index (χ3v) is 4.58. The van der Waals surface area contributed by atoms with Crippen LogP contribution in [0.2, 0.25) is 0 Å². The van der Waals surface area contributed by atoms with Gasteiger partial charge < -0.3 is 19.4 Å². The van der Waals surface area contributed by atoms with Crippen LogP contribution in [0.15, 0.2) is 57.6 Å². The molecule has 0 aliphatic rings. The van der Waals surface area contributed by atoms with Gasteiger partial charge in [-0.2, -0.15) is 0 Å². The number of carbonyl (C=O) groups is 2. The van der Waals surface area contributed by atoms with Gasteiger partial charge in [0.1, 0.15) is 5.75 Å². The van der Waals surface area contributed by atoms with E-state index in [0.29, 0.717) is 11.2 Å². The van der Waals surface area contributed by atoms with Crippen LogP contribution in [0.1, 0.15) is 16.1 Å². The molecule has 27 heavy (non-hydrogen) atoms. The van der Waals surface area contributed by atoms with E-state index in [-0.39, 0.29) is 18.2 Å². The fraction of sp³-hybridized carbons (Fsp3) is 0.200. The van der Waals surface area contributed by atoms with E-state index in [9.17, 15) is 9.59 Å². The van der Waals surface area contributed by atoms with Gasteiger partial charge in [0.05, 0.1) is 13.7 Å². The van der Waals surface area contributed by atoms with E-state index in [2.05, 4.69) is 21.2 Å². The van der Waals surface area contributed by atoms with E-state index in [1.165, 1.54) is 6.07 Å². The summed E-state index contributed by atoms with van der Waals surface area (Å²) in [5.41, 5.74) is 1.00. The van der Waals surface area contributed by atoms with E-state index in [0.717, 1.165) is 22.1 Å². The Morgan fingerprint density at radius 2 is 1.85 bits per heavy atom. The predicted octanol–water partition coefficient (Wildman–Crippen LogP) is 3.59. The predicted molar refractivity (Wildman–Crippen MR) is 106 cm³/mol. The smallest absolute Gasteiger partial charge is 0.287 e. The van der Waals surface area contributed by atoms with Crippen LogP contribution in [0, 0.1) is 0 Å². The molecule has 0 aliphatic heterocycles. The van der Waals surface area contributed by atoms with E-state index < -0.39 is 5.91 Å². The van der Waals surface area contributed by atoms with Crippen LogP contribution in [0.5, 0.6) is 5.75 Å². The Morgan fingerprint density at radius 1 is 1.11 bits per heavy atom. The Labute approximate surface area is 165 Å². The minimum Gasteiger partial charge on any atom is -0.497 e. The fourth-order valence-corrected chi connectivity index (χ4v) is 2.98. The highest BCUT2D eigenvalue weighted by molar-refractivity contribution is 9.10. The molecule has 0 spiro atoms. The molecule has 0 saturated heterocycles. The third kappa shape index (κ3) is 4.68. The fourth-order valence-electron chi connectivity index (χ4n) is 2.67. The van der Waals surface area contributed by atoms with E-state index >= 15 is 0 Å². The number of rotatable bonds is 6. The van der Waals surface area contributed by atoms with Gasteiger partial charge in [0.2, 0.25) is 5.91 Å². The number of nitrogens with one attached hydrogen (secondary N) is 1. The molecule has 7 heteroatoms. The summed E-state index contributed by atoms with van der Waals surface area (Å²) in [6.45, 7) is 0.349. The molecule has 3 rings (SSSR count). The number of likely N-dealkylation sites (N-methyl/N-ethyl adjacent to an activating group) is 1. The SMILES string of the molecule is COc1ccc2cc(CN(C)C(=O)CNC(=O)c3ccc(Br)o3)ccc2c1. The van der Waals surface area contributed by atoms with Crippen molar-refractivity contribution in [1.82, 2.24) is 10.2 Å². The maximum Gasteiger partial charge on any atom is 0.287 e. The van der Waals surface area contributed by atoms with Crippen molar-refractivity contribution in [2.75, 3.05) is 20.7 Å². The van der Waals surface area contributed by atoms with Gasteiger partial charge in [0, 0.05) is 13.6 Å². The van der Waals surface area contributed by atoms with Crippen LogP contribution in [0.3, 0.4) is 0 Å². The molecule has 1 aromatic heterocycles. The first-order chi connectivity index (χ1) is 13.0. The number of furan rings is 1. The van der Waals surface area contributed by atoms with Gasteiger partial charge in [0.15, 0.2) is 10.4 Å². The average Bonchev–Trinajstić information content (AvgIpc) is 3.11. The molecule has 2 amide bonds. The highest BCUT2D eigenvalue weighted by atomic mass is 79.9. The summed E-state index contributed by atoms with van der Waals surface area (Å²) in [6, 6.07) is 15.0. The van der Waals surface area contributed by atoms with Crippen molar-refractivity contribution in [1.29, 1.82) is 0 Å². The monoisotopic (exact) mass is 430 g/mol. The molecule has 0 aliphatic carbocycles. The molecule has 6 nitrogen and oxygen atoms in total. The average molecular weight is 431 g/mol. The second-order valence-corrected chi connectivity index (χ2v) is 6.87. The molecule has 0 fully saturated rings. The van der Waals surface area contributed by atoms with Gasteiger partial charge in [0.25, 0.3) is 5.91 Å². The minimum absolute atomic E-state index is 0.0988. The van der Waals surface area contributed by atoms with Crippen molar-refractivity contribution in [2.45, 2.75) is 6.54 Å². The van der Waals surface area contributed by atoms with Gasteiger partial charge in [-0.15, -0.1) is 0 Å². The van der Waals surface area contributed by atoms with E-state index in [1.54, 1.807) is 25.1 Å². The summed E-state index contributed by atoms with van der Waals surface area (Å²) in [6.07, 6.45) is 0. The maximum atomic E-state index is 12.3. The standard InChI is InChI=1S/C20H19BrN2O4/c1-23(19(24)11-22-20(25)17-7-8-18(21)27-17)12-13-3-4-15-10-16(26-2)6-5-14(15)9-13/h3-10H,11-12H2,1-2H3,(H,22,25). The van der Waals surface area contributed by atoms with Crippen molar-refractivity contribution in [3.05, 3.63) is 64.5 Å². The number of halogens is 1. The summed E-state index contributed by atoms with van der Waals surface area (Å²) in [4.78, 5) is 25.8. The van der Waals surface area contributed by atoms with Crippen molar-refractivity contribution in [3.8, 4) is 5.75 Å². The van der Waals surface area contributed by atoms with Crippen molar-refractivity contribution in [2.24, 2.45) is 0 Å². The summed E-state index contributed by atoms with van der Waals surface area (Å²) >= 11 is 3.14. The van der Waals surface area contributed by atoms with E-state index in [4.69, 9.17) is 9.15 Å². The number of fused-ring (bicyclic) bond motifs is 1. The molecule has 2 aromatic carbocycles. The number of hydrogen-bond acceptors (Lipinski definition) is 4. The lowest BCUT2D eigenvalue weighted by molar-refractivity contribution is -0.129. The second kappa shape index (κ2) is 8.26. The zero-order valence-corrected chi connectivity index (χ0v) is 16.6. The Hall–Kier alpha value is -2.80. The molecular weight excluding hydrogens is 412 g/mol. The number of carbonyl (C=O) groups excluding carboxylic acids is 2. The molecule has 0 unspecified atom stereocenters. The van der Waals surface area contributed by atoms with Gasteiger partial charge in [-0.3, -0.25) is 9.59 Å². The lowest BCUT2D eigenvalue weighted by Gasteiger charge is -2.18. The van der Waals surface area contributed by atoms with Gasteiger partial charge in [-0.05, 0) is 62.6 Å². The third-order valence-electron chi connectivity index (χ3n) is 4.15. The first kappa shape index (κ1) is 19.0. The van der Waals surface area contributed by atoms with E-state index in [1.807, 2.05) is 36.4 Å². The Kier molecular flexibility index (Phi) is 5.81. The lowest BCUT2D eigenvalue weighted by atomic mass is 10.1. The normalized spacial score (nSPS) is 10.6. The molecule has 0 atom stereocenters. The summed E-state index contributed by atoms with van der Waals surface area (Å²) in [7, 11) is 3.34. The molecule has 0 bridgehead atoms. The number of hydrogen-bond donors (Lipinski definition) is 1. The summed E-state index contributed by atoms with van der Waals surface area (Å²) in [5, 5.41) is 4.71. The first-order valence-corrected chi connectivity index (χ1v) is 9.10. The zero-order valence-electron chi connectivity index (χ0n) is 15.0. The Morgan fingerprint density at radius 3 is 2.56 bits per heavy atom. The molecule has 140 valence electrons. The molecule has 3 aromatic rings. The summed E-state index contributed by atoms with van der Waals surface area (Å²) < 4.78 is 10.9. The Balaban J connectivity index is 1.59. The van der Waals surface area contributed by atoms with Crippen LogP contribution >= 0.6 is 15.9 Å². The first-order valence-electron chi connectivity index (χ1n) is 8.30. The van der Waals surface area contributed by atoms with Crippen molar-refractivity contribution < 1.29 is 18.7 Å². The molecule has 1 N–H and O–H groups in total. The Bertz CT molecular complexity index is 983. The van der Waals surface area contributed by atoms with Crippen LogP contribution < -0.4 is 10.1 Å². The molecule has 1 heterocycles. The number of nitrogens with zero attached hydrogens (tertiary/aromatic N) is 1. The van der Waals surface area contributed by atoms with Crippen molar-refractivity contribution in [3.63, 3.8) is 0 Å². The molecular formula is C20H19BrN2O4.